The van der Waals surface area contributed by atoms with Crippen LogP contribution in [0, 0.1) is 0 Å². The lowest BCUT2D eigenvalue weighted by Crippen LogP contribution is -2.30. The number of hydrogen-bond acceptors (Lipinski definition) is 2. The smallest absolute Gasteiger partial charge is 0.244 e. The van der Waals surface area contributed by atoms with Gasteiger partial charge in [-0.3, -0.25) is 4.79 Å². The van der Waals surface area contributed by atoms with Crippen LogP contribution in [-0.2, 0) is 4.79 Å². The summed E-state index contributed by atoms with van der Waals surface area (Å²) in [5.41, 5.74) is 0.898. The summed E-state index contributed by atoms with van der Waals surface area (Å²) in [5, 5.41) is 2.87. The van der Waals surface area contributed by atoms with Crippen molar-refractivity contribution in [2.45, 2.75) is 26.3 Å². The Morgan fingerprint density at radius 1 is 1.47 bits per heavy atom. The second-order valence-corrected chi connectivity index (χ2v) is 3.89. The molecule has 0 aliphatic rings. The van der Waals surface area contributed by atoms with Gasteiger partial charge in [0.1, 0.15) is 5.75 Å². The zero-order chi connectivity index (χ0) is 12.7. The first kappa shape index (κ1) is 13.3. The molecule has 0 aliphatic carbocycles. The van der Waals surface area contributed by atoms with E-state index < -0.39 is 0 Å². The van der Waals surface area contributed by atoms with Gasteiger partial charge in [0.25, 0.3) is 0 Å². The maximum Gasteiger partial charge on any atom is 0.244 e. The molecule has 1 aromatic carbocycles. The molecule has 92 valence electrons. The Bertz CT molecular complexity index is 399. The number of carbonyl (C=O) groups excluding carboxylic acids is 1. The third-order valence-electron chi connectivity index (χ3n) is 2.55. The molecular formula is C14H19NO2. The molecule has 0 saturated heterocycles. The van der Waals surface area contributed by atoms with Crippen LogP contribution >= 0.6 is 0 Å². The molecule has 0 aliphatic heterocycles. The Kier molecular flexibility index (Phi) is 5.27. The van der Waals surface area contributed by atoms with E-state index in [4.69, 9.17) is 4.74 Å². The Hall–Kier alpha value is -1.77. The molecule has 0 heterocycles. The van der Waals surface area contributed by atoms with Gasteiger partial charge in [0.15, 0.2) is 0 Å². The number of nitrogens with one attached hydrogen (secondary N) is 1. The van der Waals surface area contributed by atoms with E-state index in [0.29, 0.717) is 0 Å². The van der Waals surface area contributed by atoms with Crippen LogP contribution in [0.1, 0.15) is 25.8 Å². The molecule has 0 spiro atoms. The SMILES string of the molecule is CC[C@H](C)NC(=O)/C=C\c1ccccc1OC. The van der Waals surface area contributed by atoms with Gasteiger partial charge in [-0.2, -0.15) is 0 Å². The molecule has 0 radical (unpaired) electrons. The maximum atomic E-state index is 11.5. The molecule has 1 aromatic rings. The summed E-state index contributed by atoms with van der Waals surface area (Å²) in [6.07, 6.45) is 4.22. The number of carbonyl (C=O) groups is 1. The Morgan fingerprint density at radius 3 is 2.82 bits per heavy atom. The minimum absolute atomic E-state index is 0.0785. The highest BCUT2D eigenvalue weighted by Gasteiger charge is 2.02. The van der Waals surface area contributed by atoms with Crippen molar-refractivity contribution in [2.75, 3.05) is 7.11 Å². The summed E-state index contributed by atoms with van der Waals surface area (Å²) >= 11 is 0. The van der Waals surface area contributed by atoms with Gasteiger partial charge < -0.3 is 10.1 Å². The number of para-hydroxylation sites is 1. The van der Waals surface area contributed by atoms with Gasteiger partial charge in [-0.1, -0.05) is 25.1 Å². The number of amides is 1. The van der Waals surface area contributed by atoms with Crippen molar-refractivity contribution in [1.29, 1.82) is 0 Å². The largest absolute Gasteiger partial charge is 0.496 e. The monoisotopic (exact) mass is 233 g/mol. The number of hydrogen-bond donors (Lipinski definition) is 1. The number of benzene rings is 1. The van der Waals surface area contributed by atoms with Gasteiger partial charge in [0, 0.05) is 17.7 Å². The van der Waals surface area contributed by atoms with Crippen molar-refractivity contribution in [3.05, 3.63) is 35.9 Å². The van der Waals surface area contributed by atoms with E-state index in [1.165, 1.54) is 6.08 Å². The Labute approximate surface area is 102 Å². The van der Waals surface area contributed by atoms with Crippen LogP contribution in [0.2, 0.25) is 0 Å². The average Bonchev–Trinajstić information content (AvgIpc) is 2.36. The first-order valence-corrected chi connectivity index (χ1v) is 5.79. The summed E-state index contributed by atoms with van der Waals surface area (Å²) < 4.78 is 5.20. The zero-order valence-electron chi connectivity index (χ0n) is 10.6. The van der Waals surface area contributed by atoms with Crippen LogP contribution in [-0.4, -0.2) is 19.1 Å². The molecule has 1 amide bonds. The van der Waals surface area contributed by atoms with E-state index in [0.717, 1.165) is 17.7 Å². The first-order valence-electron chi connectivity index (χ1n) is 5.79. The van der Waals surface area contributed by atoms with E-state index in [1.807, 2.05) is 38.1 Å². The van der Waals surface area contributed by atoms with Crippen molar-refractivity contribution in [3.8, 4) is 5.75 Å². The van der Waals surface area contributed by atoms with Crippen molar-refractivity contribution < 1.29 is 9.53 Å². The third kappa shape index (κ3) is 4.31. The van der Waals surface area contributed by atoms with Crippen molar-refractivity contribution >= 4 is 12.0 Å². The lowest BCUT2D eigenvalue weighted by molar-refractivity contribution is -0.117. The lowest BCUT2D eigenvalue weighted by Gasteiger charge is -2.08. The van der Waals surface area contributed by atoms with Crippen LogP contribution < -0.4 is 10.1 Å². The molecule has 1 N–H and O–H groups in total. The van der Waals surface area contributed by atoms with Crippen LogP contribution in [0.15, 0.2) is 30.3 Å². The molecule has 1 atom stereocenters. The van der Waals surface area contributed by atoms with Crippen LogP contribution in [0.3, 0.4) is 0 Å². The summed E-state index contributed by atoms with van der Waals surface area (Å²) in [6.45, 7) is 4.02. The normalized spacial score (nSPS) is 12.4. The van der Waals surface area contributed by atoms with Crippen molar-refractivity contribution in [1.82, 2.24) is 5.32 Å². The number of ether oxygens (including phenoxy) is 1. The molecule has 3 nitrogen and oxygen atoms in total. The second-order valence-electron chi connectivity index (χ2n) is 3.89. The van der Waals surface area contributed by atoms with Crippen LogP contribution in [0.5, 0.6) is 5.75 Å². The Balaban J connectivity index is 2.67. The minimum atomic E-state index is -0.0785. The van der Waals surface area contributed by atoms with E-state index in [-0.39, 0.29) is 11.9 Å². The van der Waals surface area contributed by atoms with E-state index in [1.54, 1.807) is 13.2 Å². The first-order chi connectivity index (χ1) is 8.17. The van der Waals surface area contributed by atoms with Gasteiger partial charge in [-0.05, 0) is 25.5 Å². The van der Waals surface area contributed by atoms with Gasteiger partial charge in [-0.25, -0.2) is 0 Å². The maximum absolute atomic E-state index is 11.5. The zero-order valence-corrected chi connectivity index (χ0v) is 10.6. The van der Waals surface area contributed by atoms with E-state index in [2.05, 4.69) is 5.32 Å². The van der Waals surface area contributed by atoms with Crippen LogP contribution in [0.4, 0.5) is 0 Å². The summed E-state index contributed by atoms with van der Waals surface area (Å²) in [7, 11) is 1.62. The predicted molar refractivity (Wildman–Crippen MR) is 69.9 cm³/mol. The summed E-state index contributed by atoms with van der Waals surface area (Å²) in [5.74, 6) is 0.686. The third-order valence-corrected chi connectivity index (χ3v) is 2.55. The van der Waals surface area contributed by atoms with Gasteiger partial charge >= 0.3 is 0 Å². The van der Waals surface area contributed by atoms with Gasteiger partial charge in [0.05, 0.1) is 7.11 Å². The fourth-order valence-corrected chi connectivity index (χ4v) is 1.36. The van der Waals surface area contributed by atoms with Gasteiger partial charge in [-0.15, -0.1) is 0 Å². The van der Waals surface area contributed by atoms with Crippen molar-refractivity contribution in [3.63, 3.8) is 0 Å². The molecule has 0 fully saturated rings. The lowest BCUT2D eigenvalue weighted by atomic mass is 10.2. The standard InChI is InChI=1S/C14H19NO2/c1-4-11(2)15-14(16)10-9-12-7-5-6-8-13(12)17-3/h5-11H,4H2,1-3H3,(H,15,16)/b10-9-/t11-/m0/s1. The molecule has 0 saturated carbocycles. The minimum Gasteiger partial charge on any atom is -0.496 e. The molecule has 0 aromatic heterocycles. The number of rotatable bonds is 5. The summed E-state index contributed by atoms with van der Waals surface area (Å²) in [6, 6.07) is 7.78. The van der Waals surface area contributed by atoms with Crippen LogP contribution in [0.25, 0.3) is 6.08 Å². The molecular weight excluding hydrogens is 214 g/mol. The summed E-state index contributed by atoms with van der Waals surface area (Å²) in [4.78, 5) is 11.5. The van der Waals surface area contributed by atoms with Gasteiger partial charge in [0.2, 0.25) is 5.91 Å². The fourth-order valence-electron chi connectivity index (χ4n) is 1.36. The molecule has 3 heteroatoms. The van der Waals surface area contributed by atoms with E-state index >= 15 is 0 Å². The number of methoxy groups -OCH3 is 1. The highest BCUT2D eigenvalue weighted by Crippen LogP contribution is 2.18. The Morgan fingerprint density at radius 2 is 2.18 bits per heavy atom. The molecule has 0 bridgehead atoms. The molecule has 1 rings (SSSR count). The van der Waals surface area contributed by atoms with E-state index in [9.17, 15) is 4.79 Å². The molecule has 17 heavy (non-hydrogen) atoms. The highest BCUT2D eigenvalue weighted by atomic mass is 16.5. The quantitative estimate of drug-likeness (QED) is 0.794. The second kappa shape index (κ2) is 6.74. The predicted octanol–water partition coefficient (Wildman–Crippen LogP) is 2.62. The topological polar surface area (TPSA) is 38.3 Å². The highest BCUT2D eigenvalue weighted by molar-refractivity contribution is 5.92. The average molecular weight is 233 g/mol. The molecule has 0 unspecified atom stereocenters. The fraction of sp³-hybridized carbons (Fsp3) is 0.357. The van der Waals surface area contributed by atoms with Crippen molar-refractivity contribution in [2.24, 2.45) is 0 Å².